The molecular formula is C19H17BrClNO3S. The van der Waals surface area contributed by atoms with Crippen LogP contribution in [0, 0.1) is 0 Å². The van der Waals surface area contributed by atoms with Crippen molar-refractivity contribution in [3.63, 3.8) is 0 Å². The fourth-order valence-electron chi connectivity index (χ4n) is 2.55. The highest BCUT2D eigenvalue weighted by Gasteiger charge is 2.19. The molecule has 1 aromatic heterocycles. The van der Waals surface area contributed by atoms with Crippen LogP contribution in [0.15, 0.2) is 42.5 Å². The van der Waals surface area contributed by atoms with Crippen molar-refractivity contribution in [1.29, 1.82) is 0 Å². The molecule has 3 rings (SSSR count). The van der Waals surface area contributed by atoms with E-state index in [-0.39, 0.29) is 5.91 Å². The number of alkyl halides is 1. The van der Waals surface area contributed by atoms with Gasteiger partial charge in [0, 0.05) is 22.2 Å². The van der Waals surface area contributed by atoms with Gasteiger partial charge in [0.15, 0.2) is 0 Å². The summed E-state index contributed by atoms with van der Waals surface area (Å²) in [7, 11) is 1.61. The molecule has 7 heteroatoms. The van der Waals surface area contributed by atoms with Crippen LogP contribution in [-0.4, -0.2) is 26.2 Å². The zero-order valence-electron chi connectivity index (χ0n) is 14.1. The van der Waals surface area contributed by atoms with Gasteiger partial charge in [-0.25, -0.2) is 0 Å². The lowest BCUT2D eigenvalue weighted by molar-refractivity contribution is 0.102. The minimum Gasteiger partial charge on any atom is -0.489 e. The van der Waals surface area contributed by atoms with E-state index in [1.54, 1.807) is 25.3 Å². The Bertz CT molecular complexity index is 928. The monoisotopic (exact) mass is 453 g/mol. The summed E-state index contributed by atoms with van der Waals surface area (Å²) >= 11 is 11.1. The molecule has 4 nitrogen and oxygen atoms in total. The van der Waals surface area contributed by atoms with E-state index < -0.39 is 0 Å². The smallest absolute Gasteiger partial charge is 0.266 e. The fourth-order valence-corrected chi connectivity index (χ4v) is 4.61. The fraction of sp³-hybridized carbons (Fsp3) is 0.211. The first kappa shape index (κ1) is 19.2. The van der Waals surface area contributed by atoms with Crippen LogP contribution in [-0.2, 0) is 10.1 Å². The highest BCUT2D eigenvalue weighted by molar-refractivity contribution is 9.08. The third-order valence-electron chi connectivity index (χ3n) is 3.77. The normalized spacial score (nSPS) is 10.9. The van der Waals surface area contributed by atoms with Gasteiger partial charge in [-0.2, -0.15) is 0 Å². The third kappa shape index (κ3) is 4.20. The van der Waals surface area contributed by atoms with E-state index >= 15 is 0 Å². The molecule has 0 saturated carbocycles. The van der Waals surface area contributed by atoms with Crippen molar-refractivity contribution in [2.75, 3.05) is 25.6 Å². The lowest BCUT2D eigenvalue weighted by Gasteiger charge is -2.13. The quantitative estimate of drug-likeness (QED) is 0.366. The summed E-state index contributed by atoms with van der Waals surface area (Å²) in [5, 5.41) is 5.14. The van der Waals surface area contributed by atoms with Gasteiger partial charge in [-0.1, -0.05) is 45.7 Å². The molecule has 0 aliphatic rings. The van der Waals surface area contributed by atoms with Gasteiger partial charge in [-0.3, -0.25) is 4.79 Å². The Morgan fingerprint density at radius 1 is 1.23 bits per heavy atom. The van der Waals surface area contributed by atoms with Crippen LogP contribution in [0.1, 0.15) is 15.2 Å². The number of hydrogen-bond donors (Lipinski definition) is 1. The number of halogens is 2. The molecule has 26 heavy (non-hydrogen) atoms. The maximum absolute atomic E-state index is 12.9. The van der Waals surface area contributed by atoms with Crippen LogP contribution in [0.3, 0.4) is 0 Å². The zero-order valence-corrected chi connectivity index (χ0v) is 17.2. The number of thiophene rings is 1. The number of amides is 1. The van der Waals surface area contributed by atoms with Crippen molar-refractivity contribution in [3.05, 3.63) is 57.9 Å². The molecule has 0 aliphatic heterocycles. The minimum absolute atomic E-state index is 0.181. The molecule has 0 atom stereocenters. The Morgan fingerprint density at radius 2 is 2.04 bits per heavy atom. The SMILES string of the molecule is COCCOc1ccc(Cl)cc1NC(=O)c1sc2ccccc2c1CBr. The number of anilines is 1. The van der Waals surface area contributed by atoms with Crippen LogP contribution in [0.4, 0.5) is 5.69 Å². The number of hydrogen-bond acceptors (Lipinski definition) is 4. The van der Waals surface area contributed by atoms with E-state index in [0.29, 0.717) is 39.9 Å². The molecule has 0 bridgehead atoms. The van der Waals surface area contributed by atoms with Gasteiger partial charge in [0.05, 0.1) is 17.2 Å². The van der Waals surface area contributed by atoms with Crippen LogP contribution >= 0.6 is 38.9 Å². The van der Waals surface area contributed by atoms with Gasteiger partial charge < -0.3 is 14.8 Å². The molecule has 1 heterocycles. The van der Waals surface area contributed by atoms with Gasteiger partial charge in [0.25, 0.3) is 5.91 Å². The van der Waals surface area contributed by atoms with Crippen molar-refractivity contribution in [2.45, 2.75) is 5.33 Å². The van der Waals surface area contributed by atoms with E-state index in [4.69, 9.17) is 21.1 Å². The summed E-state index contributed by atoms with van der Waals surface area (Å²) < 4.78 is 11.8. The number of methoxy groups -OCH3 is 1. The molecule has 0 spiro atoms. The van der Waals surface area contributed by atoms with E-state index in [1.165, 1.54) is 11.3 Å². The summed E-state index contributed by atoms with van der Waals surface area (Å²) in [5.41, 5.74) is 1.52. The first-order chi connectivity index (χ1) is 12.6. The lowest BCUT2D eigenvalue weighted by atomic mass is 10.1. The highest BCUT2D eigenvalue weighted by atomic mass is 79.9. The average molecular weight is 455 g/mol. The number of carbonyl (C=O) groups is 1. The molecule has 136 valence electrons. The second kappa shape index (κ2) is 8.86. The molecule has 0 unspecified atom stereocenters. The standard InChI is InChI=1S/C19H17BrClNO3S/c1-24-8-9-25-16-7-6-12(21)10-15(16)22-19(23)18-14(11-20)13-4-2-3-5-17(13)26-18/h2-7,10H,8-9,11H2,1H3,(H,22,23). The topological polar surface area (TPSA) is 47.6 Å². The number of benzene rings is 2. The molecule has 0 fully saturated rings. The molecule has 3 aromatic rings. The summed E-state index contributed by atoms with van der Waals surface area (Å²) in [6, 6.07) is 13.1. The molecule has 2 aromatic carbocycles. The maximum Gasteiger partial charge on any atom is 0.266 e. The van der Waals surface area contributed by atoms with Crippen LogP contribution in [0.5, 0.6) is 5.75 Å². The number of nitrogens with one attached hydrogen (secondary N) is 1. The summed E-state index contributed by atoms with van der Waals surface area (Å²) in [6.45, 7) is 0.844. The van der Waals surface area contributed by atoms with Crippen LogP contribution < -0.4 is 10.1 Å². The third-order valence-corrected chi connectivity index (χ3v) is 5.78. The number of ether oxygens (including phenoxy) is 2. The van der Waals surface area contributed by atoms with Crippen LogP contribution in [0.25, 0.3) is 10.1 Å². The van der Waals surface area contributed by atoms with Crippen molar-refractivity contribution >= 4 is 60.5 Å². The van der Waals surface area contributed by atoms with Crippen LogP contribution in [0.2, 0.25) is 5.02 Å². The second-order valence-electron chi connectivity index (χ2n) is 5.48. The van der Waals surface area contributed by atoms with Gasteiger partial charge >= 0.3 is 0 Å². The van der Waals surface area contributed by atoms with Crippen molar-refractivity contribution in [1.82, 2.24) is 0 Å². The number of rotatable bonds is 7. The largest absolute Gasteiger partial charge is 0.489 e. The summed E-state index contributed by atoms with van der Waals surface area (Å²) in [5.74, 6) is 0.376. The first-order valence-electron chi connectivity index (χ1n) is 7.93. The van der Waals surface area contributed by atoms with E-state index in [2.05, 4.69) is 21.2 Å². The summed E-state index contributed by atoms with van der Waals surface area (Å²) in [6.07, 6.45) is 0. The molecular weight excluding hydrogens is 438 g/mol. The predicted octanol–water partition coefficient (Wildman–Crippen LogP) is 5.73. The van der Waals surface area contributed by atoms with Gasteiger partial charge in [0.1, 0.15) is 12.4 Å². The average Bonchev–Trinajstić information content (AvgIpc) is 3.02. The maximum atomic E-state index is 12.9. The first-order valence-corrected chi connectivity index (χ1v) is 10.2. The van der Waals surface area contributed by atoms with Gasteiger partial charge in [-0.15, -0.1) is 11.3 Å². The minimum atomic E-state index is -0.181. The van der Waals surface area contributed by atoms with Crippen molar-refractivity contribution in [2.24, 2.45) is 0 Å². The molecule has 0 saturated heterocycles. The van der Waals surface area contributed by atoms with Crippen molar-refractivity contribution in [3.8, 4) is 5.75 Å². The number of carbonyl (C=O) groups excluding carboxylic acids is 1. The van der Waals surface area contributed by atoms with Gasteiger partial charge in [0.2, 0.25) is 0 Å². The molecule has 1 N–H and O–H groups in total. The highest BCUT2D eigenvalue weighted by Crippen LogP contribution is 2.34. The van der Waals surface area contributed by atoms with Crippen molar-refractivity contribution < 1.29 is 14.3 Å². The molecule has 1 amide bonds. The molecule has 0 aliphatic carbocycles. The second-order valence-corrected chi connectivity index (χ2v) is 7.52. The Balaban J connectivity index is 1.89. The number of fused-ring (bicyclic) bond motifs is 1. The zero-order chi connectivity index (χ0) is 18.5. The Labute approximate surface area is 169 Å². The Kier molecular flexibility index (Phi) is 6.53. The Hall–Kier alpha value is -1.60. The van der Waals surface area contributed by atoms with E-state index in [9.17, 15) is 4.79 Å². The predicted molar refractivity (Wildman–Crippen MR) is 111 cm³/mol. The molecule has 0 radical (unpaired) electrons. The van der Waals surface area contributed by atoms with Gasteiger partial charge in [-0.05, 0) is 35.2 Å². The van der Waals surface area contributed by atoms with E-state index in [0.717, 1.165) is 15.6 Å². The summed E-state index contributed by atoms with van der Waals surface area (Å²) in [4.78, 5) is 13.6. The van der Waals surface area contributed by atoms with E-state index in [1.807, 2.05) is 24.3 Å². The lowest BCUT2D eigenvalue weighted by Crippen LogP contribution is -2.14. The Morgan fingerprint density at radius 3 is 2.81 bits per heavy atom.